The molecule has 0 aromatic carbocycles. The Balaban J connectivity index is 0.000000211. The first-order chi connectivity index (χ1) is 13.4. The van der Waals surface area contributed by atoms with Gasteiger partial charge in [0.1, 0.15) is 11.4 Å². The van der Waals surface area contributed by atoms with Gasteiger partial charge in [-0.15, -0.1) is 0 Å². The zero-order chi connectivity index (χ0) is 20.9. The van der Waals surface area contributed by atoms with Gasteiger partial charge in [-0.3, -0.25) is 23.8 Å². The molecule has 0 spiro atoms. The van der Waals surface area contributed by atoms with E-state index in [0.29, 0.717) is 17.4 Å². The molecule has 0 amide bonds. The molecule has 0 unspecified atom stereocenters. The van der Waals surface area contributed by atoms with E-state index in [1.807, 2.05) is 10.9 Å². The average Bonchev–Trinajstić information content (AvgIpc) is 3.25. The molecule has 0 saturated heterocycles. The number of halogens is 2. The molecule has 2 aromatic heterocycles. The summed E-state index contributed by atoms with van der Waals surface area (Å²) >= 11 is 3.46. The van der Waals surface area contributed by atoms with Crippen molar-refractivity contribution in [1.29, 1.82) is 0 Å². The minimum Gasteiger partial charge on any atom is -0.293 e. The van der Waals surface area contributed by atoms with Crippen molar-refractivity contribution in [3.8, 4) is 0 Å². The van der Waals surface area contributed by atoms with Crippen molar-refractivity contribution in [1.82, 2.24) is 20.0 Å². The van der Waals surface area contributed by atoms with Crippen LogP contribution in [0.4, 0.5) is 4.39 Å². The SMILES string of the molecule is BrC1CCC1.CC(=O)c1ccn(C2CCC2)n1.CC(=O)c1ccn[nH]1.[2H]CF. The lowest BCUT2D eigenvalue weighted by molar-refractivity contribution is 0.0999. The second kappa shape index (κ2) is 12.5. The standard InChI is InChI=1S/C9H12N2O.C5H6N2O.C4H7Br.CH3F/c1-7(12)9-5-6-11(10-9)8-3-2-4-8;1-4(8)5-2-3-6-7-5;5-4-2-1-3-4;1-2/h5-6,8H,2-4H2,1H3;2-3H,1H3,(H,6,7);4H,1-3H2;1H3/i;;;1D. The van der Waals surface area contributed by atoms with Crippen LogP contribution in [-0.2, 0) is 0 Å². The van der Waals surface area contributed by atoms with Crippen molar-refractivity contribution in [2.75, 3.05) is 7.15 Å². The minimum atomic E-state index is -1.00. The van der Waals surface area contributed by atoms with Gasteiger partial charge in [0.2, 0.25) is 0 Å². The molecule has 0 bridgehead atoms. The molecule has 2 fully saturated rings. The van der Waals surface area contributed by atoms with Gasteiger partial charge in [-0.25, -0.2) is 0 Å². The van der Waals surface area contributed by atoms with Crippen LogP contribution in [0.25, 0.3) is 0 Å². The molecule has 2 saturated carbocycles. The number of carbonyl (C=O) groups excluding carboxylic acids is 2. The van der Waals surface area contributed by atoms with Gasteiger partial charge in [-0.1, -0.05) is 22.4 Å². The molecule has 0 aliphatic heterocycles. The maximum Gasteiger partial charge on any atom is 0.179 e. The smallest absolute Gasteiger partial charge is 0.179 e. The van der Waals surface area contributed by atoms with Crippen molar-refractivity contribution in [3.63, 3.8) is 0 Å². The third-order valence-corrected chi connectivity index (χ3v) is 5.25. The van der Waals surface area contributed by atoms with Crippen LogP contribution in [0.1, 0.15) is 80.8 Å². The van der Waals surface area contributed by atoms with Crippen LogP contribution in [0.5, 0.6) is 0 Å². The third kappa shape index (κ3) is 8.15. The van der Waals surface area contributed by atoms with E-state index >= 15 is 0 Å². The number of rotatable bonds is 3. The van der Waals surface area contributed by atoms with Crippen molar-refractivity contribution in [2.45, 2.75) is 63.2 Å². The van der Waals surface area contributed by atoms with E-state index in [-0.39, 0.29) is 11.6 Å². The average molecular weight is 444 g/mol. The number of H-pyrrole nitrogens is 1. The minimum absolute atomic E-state index is 0.0162. The van der Waals surface area contributed by atoms with Crippen molar-refractivity contribution in [2.24, 2.45) is 0 Å². The van der Waals surface area contributed by atoms with Gasteiger partial charge in [0.05, 0.1) is 14.6 Å². The largest absolute Gasteiger partial charge is 0.293 e. The summed E-state index contributed by atoms with van der Waals surface area (Å²) in [6.07, 6.45) is 11.4. The van der Waals surface area contributed by atoms with E-state index < -0.39 is 7.15 Å². The fourth-order valence-electron chi connectivity index (χ4n) is 2.19. The molecule has 0 atom stereocenters. The first kappa shape index (κ1) is 21.5. The lowest BCUT2D eigenvalue weighted by atomic mass is 9.93. The second-order valence-corrected chi connectivity index (χ2v) is 7.67. The highest BCUT2D eigenvalue weighted by Crippen LogP contribution is 2.30. The fourth-order valence-corrected chi connectivity index (χ4v) is 2.84. The van der Waals surface area contributed by atoms with Gasteiger partial charge >= 0.3 is 0 Å². The number of Topliss-reactive ketones (excluding diaryl/α,β-unsaturated/α-hetero) is 2. The number of nitrogens with one attached hydrogen (secondary N) is 1. The van der Waals surface area contributed by atoms with Gasteiger partial charge in [-0.05, 0) is 44.2 Å². The summed E-state index contributed by atoms with van der Waals surface area (Å²) < 4.78 is 17.4. The molecule has 27 heavy (non-hydrogen) atoms. The van der Waals surface area contributed by atoms with E-state index in [0.717, 1.165) is 4.83 Å². The first-order valence-corrected chi connectivity index (χ1v) is 9.86. The maximum absolute atomic E-state index is 10.9. The monoisotopic (exact) mass is 443 g/mol. The molecular formula is C19H28BrFN4O2. The van der Waals surface area contributed by atoms with Gasteiger partial charge in [0.15, 0.2) is 11.6 Å². The number of hydrogen-bond donors (Lipinski definition) is 1. The van der Waals surface area contributed by atoms with Gasteiger partial charge in [0.25, 0.3) is 0 Å². The Morgan fingerprint density at radius 3 is 2.07 bits per heavy atom. The topological polar surface area (TPSA) is 80.6 Å². The Labute approximate surface area is 169 Å². The number of hydrogen-bond acceptors (Lipinski definition) is 4. The fraction of sp³-hybridized carbons (Fsp3) is 0.579. The Morgan fingerprint density at radius 2 is 1.81 bits per heavy atom. The lowest BCUT2D eigenvalue weighted by Crippen LogP contribution is -2.17. The molecule has 6 nitrogen and oxygen atoms in total. The normalized spacial score (nSPS) is 15.9. The summed E-state index contributed by atoms with van der Waals surface area (Å²) in [5.74, 6) is 0.0653. The summed E-state index contributed by atoms with van der Waals surface area (Å²) in [6.45, 7) is 3.04. The predicted octanol–water partition coefficient (Wildman–Crippen LogP) is 4.94. The molecule has 2 heterocycles. The molecule has 150 valence electrons. The summed E-state index contributed by atoms with van der Waals surface area (Å²) in [5.41, 5.74) is 1.15. The van der Waals surface area contributed by atoms with E-state index in [9.17, 15) is 14.0 Å². The van der Waals surface area contributed by atoms with E-state index in [1.165, 1.54) is 45.4 Å². The maximum atomic E-state index is 10.9. The molecule has 2 aliphatic rings. The highest BCUT2D eigenvalue weighted by Gasteiger charge is 2.20. The summed E-state index contributed by atoms with van der Waals surface area (Å²) in [6, 6.07) is 3.99. The number of ketones is 2. The molecule has 8 heteroatoms. The predicted molar refractivity (Wildman–Crippen MR) is 107 cm³/mol. The summed E-state index contributed by atoms with van der Waals surface area (Å²) in [5, 5.41) is 10.3. The first-order valence-electron chi connectivity index (χ1n) is 9.65. The Bertz CT molecular complexity index is 701. The molecule has 1 N–H and O–H groups in total. The molecular weight excluding hydrogens is 415 g/mol. The lowest BCUT2D eigenvalue weighted by Gasteiger charge is -2.25. The van der Waals surface area contributed by atoms with Crippen LogP contribution >= 0.6 is 15.9 Å². The Hall–Kier alpha value is -1.83. The van der Waals surface area contributed by atoms with Crippen molar-refractivity contribution in [3.05, 3.63) is 35.9 Å². The molecule has 4 rings (SSSR count). The number of aromatic nitrogens is 4. The highest BCUT2D eigenvalue weighted by molar-refractivity contribution is 9.09. The number of aromatic amines is 1. The Kier molecular flexibility index (Phi) is 9.97. The molecule has 2 aromatic rings. The number of alkyl halides is 2. The van der Waals surface area contributed by atoms with Crippen LogP contribution in [-0.4, -0.2) is 43.5 Å². The zero-order valence-corrected chi connectivity index (χ0v) is 17.4. The molecule has 2 aliphatic carbocycles. The van der Waals surface area contributed by atoms with Crippen molar-refractivity contribution < 1.29 is 15.4 Å². The van der Waals surface area contributed by atoms with Crippen LogP contribution < -0.4 is 0 Å². The highest BCUT2D eigenvalue weighted by atomic mass is 79.9. The summed E-state index contributed by atoms with van der Waals surface area (Å²) in [4.78, 5) is 22.2. The van der Waals surface area contributed by atoms with E-state index in [4.69, 9.17) is 1.37 Å². The van der Waals surface area contributed by atoms with Crippen LogP contribution in [0.2, 0.25) is 0 Å². The summed E-state index contributed by atoms with van der Waals surface area (Å²) in [7, 11) is -1.00. The zero-order valence-electron chi connectivity index (χ0n) is 16.8. The van der Waals surface area contributed by atoms with E-state index in [1.54, 1.807) is 25.3 Å². The number of nitrogens with zero attached hydrogens (tertiary/aromatic N) is 3. The van der Waals surface area contributed by atoms with Gasteiger partial charge < -0.3 is 0 Å². The quantitative estimate of drug-likeness (QED) is 0.537. The van der Waals surface area contributed by atoms with Crippen molar-refractivity contribution >= 4 is 27.5 Å². The van der Waals surface area contributed by atoms with Crippen LogP contribution in [0.3, 0.4) is 0 Å². The third-order valence-electron chi connectivity index (χ3n) is 4.33. The van der Waals surface area contributed by atoms with Crippen LogP contribution in [0.15, 0.2) is 24.5 Å². The van der Waals surface area contributed by atoms with Gasteiger partial charge in [0, 0.05) is 31.1 Å². The van der Waals surface area contributed by atoms with Gasteiger partial charge in [-0.2, -0.15) is 10.2 Å². The second-order valence-electron chi connectivity index (χ2n) is 6.38. The van der Waals surface area contributed by atoms with E-state index in [2.05, 4.69) is 31.2 Å². The number of carbonyl (C=O) groups is 2. The van der Waals surface area contributed by atoms with Crippen LogP contribution in [0, 0.1) is 0 Å². The molecule has 0 radical (unpaired) electrons. The Morgan fingerprint density at radius 1 is 1.22 bits per heavy atom.